The SMILES string of the molecule is O=C(Nc1ccc(Oc2ccc(C(=O)N3CCCCCC3)cc2)nc1)c1ccc(Cl)c(Cl)c1. The Hall–Kier alpha value is -3.09. The van der Waals surface area contributed by atoms with Gasteiger partial charge in [0.1, 0.15) is 5.75 Å². The molecule has 1 saturated heterocycles. The highest BCUT2D eigenvalue weighted by Crippen LogP contribution is 2.24. The normalized spacial score (nSPS) is 13.8. The van der Waals surface area contributed by atoms with E-state index in [1.165, 1.54) is 25.1 Å². The van der Waals surface area contributed by atoms with E-state index in [2.05, 4.69) is 10.3 Å². The summed E-state index contributed by atoms with van der Waals surface area (Å²) in [7, 11) is 0. The summed E-state index contributed by atoms with van der Waals surface area (Å²) in [5.41, 5.74) is 1.55. The molecule has 0 spiro atoms. The number of anilines is 1. The number of nitrogens with one attached hydrogen (secondary N) is 1. The monoisotopic (exact) mass is 483 g/mol. The van der Waals surface area contributed by atoms with Crippen LogP contribution in [0.3, 0.4) is 0 Å². The number of carbonyl (C=O) groups is 2. The summed E-state index contributed by atoms with van der Waals surface area (Å²) in [5.74, 6) is 0.675. The average Bonchev–Trinajstić information content (AvgIpc) is 3.12. The van der Waals surface area contributed by atoms with E-state index in [0.29, 0.717) is 38.5 Å². The zero-order valence-corrected chi connectivity index (χ0v) is 19.4. The van der Waals surface area contributed by atoms with Crippen LogP contribution in [0.2, 0.25) is 10.0 Å². The second-order valence-corrected chi connectivity index (χ2v) is 8.62. The summed E-state index contributed by atoms with van der Waals surface area (Å²) in [6.07, 6.45) is 5.98. The van der Waals surface area contributed by atoms with Gasteiger partial charge >= 0.3 is 0 Å². The maximum atomic E-state index is 12.7. The topological polar surface area (TPSA) is 71.5 Å². The summed E-state index contributed by atoms with van der Waals surface area (Å²) in [6, 6.07) is 15.1. The fourth-order valence-electron chi connectivity index (χ4n) is 3.60. The fraction of sp³-hybridized carbons (Fsp3) is 0.240. The molecule has 3 aromatic rings. The minimum Gasteiger partial charge on any atom is -0.439 e. The number of aromatic nitrogens is 1. The smallest absolute Gasteiger partial charge is 0.255 e. The highest BCUT2D eigenvalue weighted by molar-refractivity contribution is 6.42. The second kappa shape index (κ2) is 10.7. The third-order valence-corrected chi connectivity index (χ3v) is 6.13. The van der Waals surface area contributed by atoms with Crippen LogP contribution in [0.15, 0.2) is 60.8 Å². The Morgan fingerprint density at radius 3 is 2.18 bits per heavy atom. The Morgan fingerprint density at radius 2 is 1.55 bits per heavy atom. The number of hydrogen-bond donors (Lipinski definition) is 1. The molecule has 1 aliphatic heterocycles. The molecule has 0 aliphatic carbocycles. The number of hydrogen-bond acceptors (Lipinski definition) is 4. The molecule has 0 radical (unpaired) electrons. The van der Waals surface area contributed by atoms with Gasteiger partial charge < -0.3 is 15.0 Å². The molecule has 6 nitrogen and oxygen atoms in total. The van der Waals surface area contributed by atoms with Gasteiger partial charge in [0.15, 0.2) is 0 Å². The third kappa shape index (κ3) is 6.03. The van der Waals surface area contributed by atoms with Gasteiger partial charge in [0, 0.05) is 30.3 Å². The van der Waals surface area contributed by atoms with Crippen molar-refractivity contribution < 1.29 is 14.3 Å². The van der Waals surface area contributed by atoms with Crippen molar-refractivity contribution in [1.29, 1.82) is 0 Å². The lowest BCUT2D eigenvalue weighted by Gasteiger charge is -2.20. The van der Waals surface area contributed by atoms with E-state index in [1.54, 1.807) is 48.5 Å². The minimum absolute atomic E-state index is 0.0589. The van der Waals surface area contributed by atoms with Gasteiger partial charge in [-0.3, -0.25) is 9.59 Å². The first-order chi connectivity index (χ1) is 16.0. The second-order valence-electron chi connectivity index (χ2n) is 7.80. The zero-order chi connectivity index (χ0) is 23.2. The van der Waals surface area contributed by atoms with Crippen molar-refractivity contribution in [2.45, 2.75) is 25.7 Å². The minimum atomic E-state index is -0.325. The van der Waals surface area contributed by atoms with Gasteiger partial charge in [-0.25, -0.2) is 4.98 Å². The molecule has 1 N–H and O–H groups in total. The van der Waals surface area contributed by atoms with Crippen molar-refractivity contribution in [3.05, 3.63) is 82.0 Å². The van der Waals surface area contributed by atoms with Gasteiger partial charge in [-0.2, -0.15) is 0 Å². The highest BCUT2D eigenvalue weighted by Gasteiger charge is 2.17. The summed E-state index contributed by atoms with van der Waals surface area (Å²) in [5, 5.41) is 3.45. The van der Waals surface area contributed by atoms with Crippen molar-refractivity contribution in [2.75, 3.05) is 18.4 Å². The molecule has 2 heterocycles. The van der Waals surface area contributed by atoms with Crippen LogP contribution in [-0.4, -0.2) is 34.8 Å². The quantitative estimate of drug-likeness (QED) is 0.452. The number of amides is 2. The predicted octanol–water partition coefficient (Wildman–Crippen LogP) is 6.45. The molecule has 0 unspecified atom stereocenters. The van der Waals surface area contributed by atoms with Crippen LogP contribution in [0.1, 0.15) is 46.4 Å². The van der Waals surface area contributed by atoms with Crippen molar-refractivity contribution in [2.24, 2.45) is 0 Å². The number of benzene rings is 2. The maximum Gasteiger partial charge on any atom is 0.255 e. The van der Waals surface area contributed by atoms with Crippen molar-refractivity contribution in [1.82, 2.24) is 9.88 Å². The van der Waals surface area contributed by atoms with Crippen LogP contribution < -0.4 is 10.1 Å². The largest absolute Gasteiger partial charge is 0.439 e. The standard InChI is InChI=1S/C25H23Cl2N3O3/c26-21-11-7-18(15-22(21)27)24(31)29-19-8-12-23(28-16-19)33-20-9-5-17(6-10-20)25(32)30-13-3-1-2-4-14-30/h5-12,15-16H,1-4,13-14H2,(H,29,31). The van der Waals surface area contributed by atoms with Crippen LogP contribution in [0.5, 0.6) is 11.6 Å². The van der Waals surface area contributed by atoms with Crippen LogP contribution in [0.4, 0.5) is 5.69 Å². The molecule has 170 valence electrons. The van der Waals surface area contributed by atoms with E-state index in [-0.39, 0.29) is 11.8 Å². The number of nitrogens with zero attached hydrogens (tertiary/aromatic N) is 2. The zero-order valence-electron chi connectivity index (χ0n) is 17.9. The fourth-order valence-corrected chi connectivity index (χ4v) is 3.90. The number of likely N-dealkylation sites (tertiary alicyclic amines) is 1. The molecule has 2 aromatic carbocycles. The van der Waals surface area contributed by atoms with E-state index in [4.69, 9.17) is 27.9 Å². The maximum absolute atomic E-state index is 12.7. The van der Waals surface area contributed by atoms with Gasteiger partial charge in [-0.15, -0.1) is 0 Å². The molecule has 8 heteroatoms. The summed E-state index contributed by atoms with van der Waals surface area (Å²) >= 11 is 11.9. The van der Waals surface area contributed by atoms with Crippen molar-refractivity contribution in [3.8, 4) is 11.6 Å². The van der Waals surface area contributed by atoms with Crippen molar-refractivity contribution in [3.63, 3.8) is 0 Å². The van der Waals surface area contributed by atoms with Crippen LogP contribution in [0.25, 0.3) is 0 Å². The Kier molecular flexibility index (Phi) is 7.47. The van der Waals surface area contributed by atoms with Crippen LogP contribution in [-0.2, 0) is 0 Å². The molecule has 33 heavy (non-hydrogen) atoms. The van der Waals surface area contributed by atoms with Gasteiger partial charge in [-0.05, 0) is 61.4 Å². The molecular weight excluding hydrogens is 461 g/mol. The predicted molar refractivity (Wildman–Crippen MR) is 130 cm³/mol. The van der Waals surface area contributed by atoms with Crippen LogP contribution >= 0.6 is 23.2 Å². The Bertz CT molecular complexity index is 1130. The lowest BCUT2D eigenvalue weighted by molar-refractivity contribution is 0.0761. The van der Waals surface area contributed by atoms with Gasteiger partial charge in [-0.1, -0.05) is 36.0 Å². The highest BCUT2D eigenvalue weighted by atomic mass is 35.5. The van der Waals surface area contributed by atoms with Gasteiger partial charge in [0.2, 0.25) is 5.88 Å². The third-order valence-electron chi connectivity index (χ3n) is 5.39. The molecule has 0 atom stereocenters. The first-order valence-corrected chi connectivity index (χ1v) is 11.5. The first-order valence-electron chi connectivity index (χ1n) is 10.8. The number of ether oxygens (including phenoxy) is 1. The molecule has 4 rings (SSSR count). The lowest BCUT2D eigenvalue weighted by atomic mass is 10.2. The number of carbonyl (C=O) groups excluding carboxylic acids is 2. The molecule has 0 bridgehead atoms. The summed E-state index contributed by atoms with van der Waals surface area (Å²) in [4.78, 5) is 31.2. The molecule has 1 aliphatic rings. The van der Waals surface area contributed by atoms with Gasteiger partial charge in [0.25, 0.3) is 11.8 Å². The average molecular weight is 484 g/mol. The van der Waals surface area contributed by atoms with E-state index < -0.39 is 0 Å². The molecule has 2 amide bonds. The van der Waals surface area contributed by atoms with E-state index in [9.17, 15) is 9.59 Å². The van der Waals surface area contributed by atoms with Gasteiger partial charge in [0.05, 0.1) is 21.9 Å². The van der Waals surface area contributed by atoms with E-state index in [1.807, 2.05) is 4.90 Å². The molecule has 1 aromatic heterocycles. The number of rotatable bonds is 5. The molecule has 1 fully saturated rings. The van der Waals surface area contributed by atoms with E-state index >= 15 is 0 Å². The summed E-state index contributed by atoms with van der Waals surface area (Å²) in [6.45, 7) is 1.63. The van der Waals surface area contributed by atoms with Crippen LogP contribution in [0, 0.1) is 0 Å². The molecule has 0 saturated carbocycles. The number of pyridine rings is 1. The van der Waals surface area contributed by atoms with E-state index in [0.717, 1.165) is 25.9 Å². The van der Waals surface area contributed by atoms with Crippen molar-refractivity contribution >= 4 is 40.7 Å². The lowest BCUT2D eigenvalue weighted by Crippen LogP contribution is -2.31. The number of halogens is 2. The Morgan fingerprint density at radius 1 is 0.848 bits per heavy atom. The molecular formula is C25H23Cl2N3O3. The first kappa shape index (κ1) is 23.1. The Balaban J connectivity index is 1.35. The Labute approximate surface area is 202 Å². The summed E-state index contributed by atoms with van der Waals surface area (Å²) < 4.78 is 5.77.